The molecule has 0 aliphatic heterocycles. The number of carbonyl (C=O) groups is 1. The lowest BCUT2D eigenvalue weighted by atomic mass is 9.96. The third-order valence-corrected chi connectivity index (χ3v) is 3.59. The van der Waals surface area contributed by atoms with Crippen molar-refractivity contribution in [1.29, 1.82) is 0 Å². The van der Waals surface area contributed by atoms with Gasteiger partial charge in [0.15, 0.2) is 0 Å². The van der Waals surface area contributed by atoms with Crippen molar-refractivity contribution in [3.8, 4) is 0 Å². The first kappa shape index (κ1) is 16.7. The molecule has 1 atom stereocenters. The number of hydrogen-bond donors (Lipinski definition) is 2. The summed E-state index contributed by atoms with van der Waals surface area (Å²) >= 11 is 0. The van der Waals surface area contributed by atoms with Gasteiger partial charge in [-0.25, -0.2) is 4.98 Å². The molecule has 0 amide bonds. The van der Waals surface area contributed by atoms with Crippen molar-refractivity contribution in [2.45, 2.75) is 38.8 Å². The fraction of sp³-hybridized carbons (Fsp3) is 0.714. The fourth-order valence-corrected chi connectivity index (χ4v) is 2.23. The summed E-state index contributed by atoms with van der Waals surface area (Å²) in [4.78, 5) is 17.7. The van der Waals surface area contributed by atoms with Gasteiger partial charge in [-0.1, -0.05) is 6.92 Å². The van der Waals surface area contributed by atoms with E-state index >= 15 is 0 Å². The molecule has 0 spiro atoms. The SMILES string of the molecule is CCNC(C)(CCCN(C)Cc1nccn1C)C(=O)O. The third kappa shape index (κ3) is 4.61. The van der Waals surface area contributed by atoms with E-state index in [2.05, 4.69) is 15.2 Å². The summed E-state index contributed by atoms with van der Waals surface area (Å²) in [6.45, 7) is 5.95. The second-order valence-electron chi connectivity index (χ2n) is 5.46. The summed E-state index contributed by atoms with van der Waals surface area (Å²) in [6, 6.07) is 0. The van der Waals surface area contributed by atoms with E-state index in [1.165, 1.54) is 0 Å². The number of rotatable bonds is 9. The molecule has 0 aliphatic rings. The van der Waals surface area contributed by atoms with Crippen LogP contribution in [0, 0.1) is 0 Å². The predicted molar refractivity (Wildman–Crippen MR) is 78.5 cm³/mol. The average molecular weight is 282 g/mol. The molecule has 114 valence electrons. The Labute approximate surface area is 120 Å². The molecule has 2 N–H and O–H groups in total. The highest BCUT2D eigenvalue weighted by molar-refractivity contribution is 5.78. The van der Waals surface area contributed by atoms with Crippen LogP contribution >= 0.6 is 0 Å². The van der Waals surface area contributed by atoms with Crippen LogP contribution in [-0.2, 0) is 18.4 Å². The smallest absolute Gasteiger partial charge is 0.323 e. The van der Waals surface area contributed by atoms with E-state index in [1.54, 1.807) is 13.1 Å². The Hall–Kier alpha value is -1.40. The molecular formula is C14H26N4O2. The molecular weight excluding hydrogens is 256 g/mol. The zero-order valence-corrected chi connectivity index (χ0v) is 12.9. The van der Waals surface area contributed by atoms with Crippen molar-refractivity contribution >= 4 is 5.97 Å². The predicted octanol–water partition coefficient (Wildman–Crippen LogP) is 1.08. The number of carboxylic acid groups (broad SMARTS) is 1. The van der Waals surface area contributed by atoms with Crippen LogP contribution in [0.5, 0.6) is 0 Å². The van der Waals surface area contributed by atoms with Crippen molar-refractivity contribution < 1.29 is 9.90 Å². The molecule has 20 heavy (non-hydrogen) atoms. The number of aromatic nitrogens is 2. The maximum absolute atomic E-state index is 11.3. The van der Waals surface area contributed by atoms with Crippen molar-refractivity contribution in [3.63, 3.8) is 0 Å². The number of imidazole rings is 1. The molecule has 0 bridgehead atoms. The summed E-state index contributed by atoms with van der Waals surface area (Å²) in [5.41, 5.74) is -0.835. The van der Waals surface area contributed by atoms with Crippen molar-refractivity contribution in [2.75, 3.05) is 20.1 Å². The highest BCUT2D eigenvalue weighted by atomic mass is 16.4. The van der Waals surface area contributed by atoms with Crippen LogP contribution in [0.15, 0.2) is 12.4 Å². The Morgan fingerprint density at radius 1 is 1.60 bits per heavy atom. The Bertz CT molecular complexity index is 433. The number of aryl methyl sites for hydroxylation is 1. The molecule has 0 aliphatic carbocycles. The van der Waals surface area contributed by atoms with Crippen LogP contribution in [0.1, 0.15) is 32.5 Å². The van der Waals surface area contributed by atoms with Crippen LogP contribution in [0.4, 0.5) is 0 Å². The normalized spacial score (nSPS) is 14.4. The minimum absolute atomic E-state index is 0.612. The number of nitrogens with zero attached hydrogens (tertiary/aromatic N) is 3. The van der Waals surface area contributed by atoms with Crippen LogP contribution in [0.25, 0.3) is 0 Å². The lowest BCUT2D eigenvalue weighted by molar-refractivity contribution is -0.144. The van der Waals surface area contributed by atoms with Crippen molar-refractivity contribution in [3.05, 3.63) is 18.2 Å². The van der Waals surface area contributed by atoms with E-state index in [0.717, 1.165) is 25.3 Å². The Morgan fingerprint density at radius 2 is 2.30 bits per heavy atom. The Kier molecular flexibility index (Phi) is 6.16. The number of nitrogens with one attached hydrogen (secondary N) is 1. The Balaban J connectivity index is 2.39. The summed E-state index contributed by atoms with van der Waals surface area (Å²) in [5.74, 6) is 0.228. The van der Waals surface area contributed by atoms with Gasteiger partial charge in [-0.15, -0.1) is 0 Å². The fourth-order valence-electron chi connectivity index (χ4n) is 2.23. The van der Waals surface area contributed by atoms with Crippen LogP contribution in [-0.4, -0.2) is 51.2 Å². The van der Waals surface area contributed by atoms with E-state index in [0.29, 0.717) is 13.0 Å². The van der Waals surface area contributed by atoms with E-state index in [1.807, 2.05) is 31.8 Å². The molecule has 1 unspecified atom stereocenters. The molecule has 0 radical (unpaired) electrons. The number of likely N-dealkylation sites (N-methyl/N-ethyl adjacent to an activating group) is 1. The minimum atomic E-state index is -0.835. The molecule has 1 aromatic heterocycles. The number of aliphatic carboxylic acids is 1. The maximum atomic E-state index is 11.3. The number of hydrogen-bond acceptors (Lipinski definition) is 4. The first-order valence-corrected chi connectivity index (χ1v) is 7.02. The second kappa shape index (κ2) is 7.40. The van der Waals surface area contributed by atoms with E-state index in [-0.39, 0.29) is 0 Å². The second-order valence-corrected chi connectivity index (χ2v) is 5.46. The topological polar surface area (TPSA) is 70.4 Å². The van der Waals surface area contributed by atoms with Crippen LogP contribution in [0.2, 0.25) is 0 Å². The van der Waals surface area contributed by atoms with Gasteiger partial charge in [0.1, 0.15) is 11.4 Å². The standard InChI is InChI=1S/C14H26N4O2/c1-5-16-14(2,13(19)20)7-6-9-17(3)11-12-15-8-10-18(12)4/h8,10,16H,5-7,9,11H2,1-4H3,(H,19,20). The maximum Gasteiger partial charge on any atom is 0.323 e. The minimum Gasteiger partial charge on any atom is -0.480 e. The molecule has 6 heteroatoms. The van der Waals surface area contributed by atoms with Gasteiger partial charge >= 0.3 is 5.97 Å². The average Bonchev–Trinajstić information content (AvgIpc) is 2.75. The summed E-state index contributed by atoms with van der Waals surface area (Å²) in [6.07, 6.45) is 5.16. The summed E-state index contributed by atoms with van der Waals surface area (Å²) < 4.78 is 2.00. The molecule has 0 fully saturated rings. The lowest BCUT2D eigenvalue weighted by Crippen LogP contribution is -2.49. The molecule has 0 aromatic carbocycles. The largest absolute Gasteiger partial charge is 0.480 e. The Morgan fingerprint density at radius 3 is 2.80 bits per heavy atom. The van der Waals surface area contributed by atoms with Gasteiger partial charge in [0, 0.05) is 19.4 Å². The molecule has 1 rings (SSSR count). The zero-order valence-electron chi connectivity index (χ0n) is 12.9. The lowest BCUT2D eigenvalue weighted by Gasteiger charge is -2.26. The molecule has 6 nitrogen and oxygen atoms in total. The third-order valence-electron chi connectivity index (χ3n) is 3.59. The highest BCUT2D eigenvalue weighted by Gasteiger charge is 2.31. The van der Waals surface area contributed by atoms with Crippen molar-refractivity contribution in [2.24, 2.45) is 7.05 Å². The van der Waals surface area contributed by atoms with Gasteiger partial charge < -0.3 is 15.0 Å². The highest BCUT2D eigenvalue weighted by Crippen LogP contribution is 2.13. The molecule has 0 saturated carbocycles. The monoisotopic (exact) mass is 282 g/mol. The van der Waals surface area contributed by atoms with Crippen LogP contribution < -0.4 is 5.32 Å². The summed E-state index contributed by atoms with van der Waals surface area (Å²) in [7, 11) is 4.00. The first-order valence-electron chi connectivity index (χ1n) is 7.02. The van der Waals surface area contributed by atoms with Gasteiger partial charge in [-0.3, -0.25) is 9.69 Å². The van der Waals surface area contributed by atoms with Gasteiger partial charge in [0.05, 0.1) is 6.54 Å². The van der Waals surface area contributed by atoms with Gasteiger partial charge in [0.25, 0.3) is 0 Å². The molecule has 0 saturated heterocycles. The first-order chi connectivity index (χ1) is 9.39. The molecule has 1 heterocycles. The zero-order chi connectivity index (χ0) is 15.2. The molecule has 1 aromatic rings. The van der Waals surface area contributed by atoms with E-state index < -0.39 is 11.5 Å². The van der Waals surface area contributed by atoms with Gasteiger partial charge in [0.2, 0.25) is 0 Å². The van der Waals surface area contributed by atoms with Gasteiger partial charge in [-0.2, -0.15) is 0 Å². The van der Waals surface area contributed by atoms with E-state index in [9.17, 15) is 9.90 Å². The van der Waals surface area contributed by atoms with Crippen LogP contribution in [0.3, 0.4) is 0 Å². The quantitative estimate of drug-likeness (QED) is 0.709. The number of carboxylic acids is 1. The summed E-state index contributed by atoms with van der Waals surface area (Å²) in [5, 5.41) is 12.3. The van der Waals surface area contributed by atoms with Crippen molar-refractivity contribution in [1.82, 2.24) is 19.8 Å². The van der Waals surface area contributed by atoms with Gasteiger partial charge in [-0.05, 0) is 39.9 Å². The van der Waals surface area contributed by atoms with E-state index in [4.69, 9.17) is 0 Å².